The molecule has 2 saturated heterocycles. The molecule has 0 saturated carbocycles. The van der Waals surface area contributed by atoms with Gasteiger partial charge in [-0.25, -0.2) is 4.99 Å². The summed E-state index contributed by atoms with van der Waals surface area (Å²) < 4.78 is 5.81. The first-order valence-electron chi connectivity index (χ1n) is 11.1. The Kier molecular flexibility index (Phi) is 8.74. The third kappa shape index (κ3) is 7.16. The molecule has 0 aliphatic carbocycles. The molecule has 0 radical (unpaired) electrons. The zero-order valence-electron chi connectivity index (χ0n) is 18.3. The molecule has 1 aromatic rings. The first-order chi connectivity index (χ1) is 14.6. The second-order valence-electron chi connectivity index (χ2n) is 8.34. The van der Waals surface area contributed by atoms with Gasteiger partial charge in [0, 0.05) is 65.0 Å². The number of hydrogen-bond donors (Lipinski definition) is 2. The summed E-state index contributed by atoms with van der Waals surface area (Å²) in [5.74, 6) is 1.29. The molecule has 3 heterocycles. The molecule has 0 spiro atoms. The van der Waals surface area contributed by atoms with E-state index in [1.54, 1.807) is 19.0 Å². The van der Waals surface area contributed by atoms with Crippen molar-refractivity contribution in [1.82, 2.24) is 20.5 Å². The number of likely N-dealkylation sites (N-methyl/N-ethyl adjacent to an activating group) is 1. The van der Waals surface area contributed by atoms with Gasteiger partial charge >= 0.3 is 0 Å². The Morgan fingerprint density at radius 2 is 1.90 bits per heavy atom. The number of rotatable bonds is 7. The van der Waals surface area contributed by atoms with E-state index in [0.717, 1.165) is 58.5 Å². The van der Waals surface area contributed by atoms with Crippen molar-refractivity contribution in [2.45, 2.75) is 38.2 Å². The van der Waals surface area contributed by atoms with Crippen LogP contribution >= 0.6 is 0 Å². The van der Waals surface area contributed by atoms with Crippen LogP contribution in [0.4, 0.5) is 5.69 Å². The van der Waals surface area contributed by atoms with Gasteiger partial charge in [0.05, 0.1) is 6.10 Å². The number of aromatic nitrogens is 1. The molecule has 2 N–H and O–H groups in total. The van der Waals surface area contributed by atoms with Gasteiger partial charge in [-0.05, 0) is 50.2 Å². The number of nitrogens with zero attached hydrogens (tertiary/aromatic N) is 4. The molecular weight excluding hydrogens is 380 g/mol. The zero-order valence-corrected chi connectivity index (χ0v) is 18.3. The maximum atomic E-state index is 12.0. The SMILES string of the molecule is CN(C)C(=O)CN=C(NCC1CCN(c2ccncc2)CC1)NCC1CCCCO1. The second kappa shape index (κ2) is 11.7. The lowest BCUT2D eigenvalue weighted by Gasteiger charge is -2.34. The Morgan fingerprint density at radius 3 is 2.57 bits per heavy atom. The number of piperidine rings is 1. The van der Waals surface area contributed by atoms with Crippen LogP contribution in [0.3, 0.4) is 0 Å². The van der Waals surface area contributed by atoms with Crippen molar-refractivity contribution in [3.05, 3.63) is 24.5 Å². The van der Waals surface area contributed by atoms with Gasteiger partial charge in [-0.3, -0.25) is 9.78 Å². The molecular formula is C22H36N6O2. The van der Waals surface area contributed by atoms with Crippen molar-refractivity contribution in [3.8, 4) is 0 Å². The van der Waals surface area contributed by atoms with Gasteiger partial charge < -0.3 is 25.2 Å². The van der Waals surface area contributed by atoms with Gasteiger partial charge in [-0.2, -0.15) is 0 Å². The van der Waals surface area contributed by atoms with E-state index in [-0.39, 0.29) is 18.6 Å². The number of nitrogens with one attached hydrogen (secondary N) is 2. The molecule has 1 unspecified atom stereocenters. The summed E-state index contributed by atoms with van der Waals surface area (Å²) >= 11 is 0. The van der Waals surface area contributed by atoms with Gasteiger partial charge in [0.25, 0.3) is 0 Å². The summed E-state index contributed by atoms with van der Waals surface area (Å²) in [6, 6.07) is 4.14. The number of amides is 1. The molecule has 166 valence electrons. The Hall–Kier alpha value is -2.35. The highest BCUT2D eigenvalue weighted by atomic mass is 16.5. The highest BCUT2D eigenvalue weighted by molar-refractivity contribution is 5.84. The fourth-order valence-corrected chi connectivity index (χ4v) is 3.83. The van der Waals surface area contributed by atoms with E-state index >= 15 is 0 Å². The predicted molar refractivity (Wildman–Crippen MR) is 120 cm³/mol. The lowest BCUT2D eigenvalue weighted by molar-refractivity contribution is -0.127. The quantitative estimate of drug-likeness (QED) is 0.518. The highest BCUT2D eigenvalue weighted by Crippen LogP contribution is 2.22. The van der Waals surface area contributed by atoms with Crippen LogP contribution in [0.15, 0.2) is 29.5 Å². The summed E-state index contributed by atoms with van der Waals surface area (Å²) in [5, 5.41) is 6.85. The molecule has 1 atom stereocenters. The van der Waals surface area contributed by atoms with E-state index in [2.05, 4.69) is 37.6 Å². The van der Waals surface area contributed by atoms with Gasteiger partial charge in [0.2, 0.25) is 5.91 Å². The van der Waals surface area contributed by atoms with Crippen LogP contribution in [0.2, 0.25) is 0 Å². The number of aliphatic imine (C=N–C) groups is 1. The maximum Gasteiger partial charge on any atom is 0.243 e. The van der Waals surface area contributed by atoms with Crippen LogP contribution in [0.5, 0.6) is 0 Å². The van der Waals surface area contributed by atoms with Crippen LogP contribution in [0, 0.1) is 5.92 Å². The molecule has 30 heavy (non-hydrogen) atoms. The lowest BCUT2D eigenvalue weighted by atomic mass is 9.96. The third-order valence-corrected chi connectivity index (χ3v) is 5.84. The van der Waals surface area contributed by atoms with Crippen molar-refractivity contribution in [3.63, 3.8) is 0 Å². The van der Waals surface area contributed by atoms with E-state index in [9.17, 15) is 4.79 Å². The molecule has 3 rings (SSSR count). The van der Waals surface area contributed by atoms with Crippen LogP contribution in [0.1, 0.15) is 32.1 Å². The van der Waals surface area contributed by atoms with Gasteiger partial charge in [0.15, 0.2) is 5.96 Å². The molecule has 1 aromatic heterocycles. The molecule has 0 aromatic carbocycles. The van der Waals surface area contributed by atoms with E-state index < -0.39 is 0 Å². The minimum atomic E-state index is -0.00400. The first-order valence-corrected chi connectivity index (χ1v) is 11.1. The van der Waals surface area contributed by atoms with Crippen LogP contribution in [-0.2, 0) is 9.53 Å². The first kappa shape index (κ1) is 22.3. The Morgan fingerprint density at radius 1 is 1.17 bits per heavy atom. The number of hydrogen-bond acceptors (Lipinski definition) is 5. The molecule has 2 fully saturated rings. The third-order valence-electron chi connectivity index (χ3n) is 5.84. The Bertz CT molecular complexity index is 667. The predicted octanol–water partition coefficient (Wildman–Crippen LogP) is 1.49. The average molecular weight is 417 g/mol. The van der Waals surface area contributed by atoms with Crippen molar-refractivity contribution < 1.29 is 9.53 Å². The number of anilines is 1. The maximum absolute atomic E-state index is 12.0. The average Bonchev–Trinajstić information content (AvgIpc) is 2.80. The number of guanidine groups is 1. The van der Waals surface area contributed by atoms with E-state index in [0.29, 0.717) is 11.9 Å². The fraction of sp³-hybridized carbons (Fsp3) is 0.682. The Balaban J connectivity index is 1.47. The zero-order chi connectivity index (χ0) is 21.2. The number of carbonyl (C=O) groups is 1. The van der Waals surface area contributed by atoms with E-state index in [1.807, 2.05) is 12.4 Å². The smallest absolute Gasteiger partial charge is 0.243 e. The van der Waals surface area contributed by atoms with E-state index in [4.69, 9.17) is 4.74 Å². The van der Waals surface area contributed by atoms with Gasteiger partial charge in [0.1, 0.15) is 6.54 Å². The topological polar surface area (TPSA) is 82.1 Å². The molecule has 1 amide bonds. The highest BCUT2D eigenvalue weighted by Gasteiger charge is 2.20. The molecule has 8 heteroatoms. The minimum Gasteiger partial charge on any atom is -0.376 e. The molecule has 2 aliphatic rings. The Labute approximate surface area is 180 Å². The fourth-order valence-electron chi connectivity index (χ4n) is 3.83. The van der Waals surface area contributed by atoms with E-state index in [1.165, 1.54) is 12.1 Å². The minimum absolute atomic E-state index is 0.00400. The van der Waals surface area contributed by atoms with Crippen molar-refractivity contribution in [2.75, 3.05) is 58.3 Å². The normalized spacial score (nSPS) is 20.7. The van der Waals surface area contributed by atoms with Crippen molar-refractivity contribution >= 4 is 17.6 Å². The monoisotopic (exact) mass is 416 g/mol. The second-order valence-corrected chi connectivity index (χ2v) is 8.34. The lowest BCUT2D eigenvalue weighted by Crippen LogP contribution is -2.46. The van der Waals surface area contributed by atoms with Crippen molar-refractivity contribution in [1.29, 1.82) is 0 Å². The standard InChI is InChI=1S/C22H36N6O2/c1-27(2)21(29)17-26-22(25-16-20-5-3-4-14-30-20)24-15-18-8-12-28(13-9-18)19-6-10-23-11-7-19/h6-7,10-11,18,20H,3-5,8-9,12-17H2,1-2H3,(H2,24,25,26). The largest absolute Gasteiger partial charge is 0.376 e. The summed E-state index contributed by atoms with van der Waals surface area (Å²) in [7, 11) is 3.51. The number of ether oxygens (including phenoxy) is 1. The van der Waals surface area contributed by atoms with Gasteiger partial charge in [-0.1, -0.05) is 0 Å². The number of pyridine rings is 1. The molecule has 0 bridgehead atoms. The summed E-state index contributed by atoms with van der Waals surface area (Å²) in [6.07, 6.45) is 9.61. The van der Waals surface area contributed by atoms with Crippen molar-refractivity contribution in [2.24, 2.45) is 10.9 Å². The van der Waals surface area contributed by atoms with Crippen LogP contribution in [-0.4, -0.2) is 81.3 Å². The summed E-state index contributed by atoms with van der Waals surface area (Å²) in [6.45, 7) is 4.66. The van der Waals surface area contributed by atoms with Crippen LogP contribution in [0.25, 0.3) is 0 Å². The molecule has 2 aliphatic heterocycles. The van der Waals surface area contributed by atoms with Gasteiger partial charge in [-0.15, -0.1) is 0 Å². The van der Waals surface area contributed by atoms with Crippen LogP contribution < -0.4 is 15.5 Å². The molecule has 8 nitrogen and oxygen atoms in total. The summed E-state index contributed by atoms with van der Waals surface area (Å²) in [5.41, 5.74) is 1.25. The number of carbonyl (C=O) groups excluding carboxylic acids is 1. The summed E-state index contributed by atoms with van der Waals surface area (Å²) in [4.78, 5) is 24.6.